The Labute approximate surface area is 75.1 Å². The van der Waals surface area contributed by atoms with Crippen LogP contribution in [0.25, 0.3) is 0 Å². The third-order valence-corrected chi connectivity index (χ3v) is 2.28. The summed E-state index contributed by atoms with van der Waals surface area (Å²) >= 11 is 0. The number of rotatable bonds is 1. The van der Waals surface area contributed by atoms with Crippen LogP contribution in [0.15, 0.2) is 23.4 Å². The summed E-state index contributed by atoms with van der Waals surface area (Å²) in [5, 5.41) is 8.82. The Bertz CT molecular complexity index is 341. The Morgan fingerprint density at radius 1 is 1.54 bits per heavy atom. The number of Topliss-reactive ketones (excluding diaryl/α,β-unsaturated/α-hetero) is 1. The molecule has 0 saturated carbocycles. The molecule has 0 aromatic rings. The fraction of sp³-hybridized carbons (Fsp3) is 0.333. The van der Waals surface area contributed by atoms with Crippen molar-refractivity contribution < 1.29 is 14.7 Å². The van der Waals surface area contributed by atoms with Gasteiger partial charge in [-0.2, -0.15) is 0 Å². The molecule has 0 aromatic heterocycles. The average molecular weight is 179 g/mol. The van der Waals surface area contributed by atoms with Crippen molar-refractivity contribution in [3.05, 3.63) is 23.4 Å². The highest BCUT2D eigenvalue weighted by Crippen LogP contribution is 2.24. The second kappa shape index (κ2) is 2.73. The molecular weight excluding hydrogens is 170 g/mol. The third kappa shape index (κ3) is 1.14. The molecule has 0 bridgehead atoms. The fourth-order valence-corrected chi connectivity index (χ4v) is 1.70. The predicted octanol–water partition coefficient (Wildman–Crippen LogP) is 0.170. The first-order valence-corrected chi connectivity index (χ1v) is 4.12. The highest BCUT2D eigenvalue weighted by Gasteiger charge is 2.31. The van der Waals surface area contributed by atoms with Gasteiger partial charge in [-0.25, -0.2) is 4.79 Å². The topological polar surface area (TPSA) is 57.6 Å². The SMILES string of the molecule is O=C(O)C1=C2C(=O)CCN2CC=C1. The van der Waals surface area contributed by atoms with E-state index in [9.17, 15) is 9.59 Å². The van der Waals surface area contributed by atoms with E-state index >= 15 is 0 Å². The summed E-state index contributed by atoms with van der Waals surface area (Å²) in [6, 6.07) is 0. The molecule has 2 heterocycles. The van der Waals surface area contributed by atoms with Crippen LogP contribution in [0.1, 0.15) is 6.42 Å². The lowest BCUT2D eigenvalue weighted by molar-refractivity contribution is -0.132. The molecule has 1 fully saturated rings. The van der Waals surface area contributed by atoms with Crippen LogP contribution >= 0.6 is 0 Å². The van der Waals surface area contributed by atoms with Crippen LogP contribution in [0, 0.1) is 0 Å². The van der Waals surface area contributed by atoms with Crippen LogP contribution in [-0.2, 0) is 9.59 Å². The minimum atomic E-state index is -1.02. The molecule has 2 aliphatic rings. The summed E-state index contributed by atoms with van der Waals surface area (Å²) in [7, 11) is 0. The summed E-state index contributed by atoms with van der Waals surface area (Å²) in [4.78, 5) is 23.9. The van der Waals surface area contributed by atoms with Crippen molar-refractivity contribution in [3.63, 3.8) is 0 Å². The molecule has 1 saturated heterocycles. The van der Waals surface area contributed by atoms with Crippen LogP contribution in [-0.4, -0.2) is 34.8 Å². The maximum atomic E-state index is 11.3. The average Bonchev–Trinajstić information content (AvgIpc) is 2.48. The summed E-state index contributed by atoms with van der Waals surface area (Å²) in [5.74, 6) is -1.08. The van der Waals surface area contributed by atoms with E-state index in [4.69, 9.17) is 5.11 Å². The van der Waals surface area contributed by atoms with Gasteiger partial charge in [0.1, 0.15) is 0 Å². The maximum absolute atomic E-state index is 11.3. The first-order chi connectivity index (χ1) is 6.20. The molecule has 0 aromatic carbocycles. The van der Waals surface area contributed by atoms with Crippen LogP contribution in [0.3, 0.4) is 0 Å². The van der Waals surface area contributed by atoms with E-state index in [1.54, 1.807) is 6.08 Å². The summed E-state index contributed by atoms with van der Waals surface area (Å²) in [6.07, 6.45) is 3.72. The highest BCUT2D eigenvalue weighted by molar-refractivity contribution is 6.06. The minimum absolute atomic E-state index is 0.0539. The van der Waals surface area contributed by atoms with Gasteiger partial charge >= 0.3 is 5.97 Å². The largest absolute Gasteiger partial charge is 0.478 e. The number of carbonyl (C=O) groups is 2. The minimum Gasteiger partial charge on any atom is -0.478 e. The van der Waals surface area contributed by atoms with Gasteiger partial charge in [0, 0.05) is 19.5 Å². The van der Waals surface area contributed by atoms with Gasteiger partial charge in [-0.3, -0.25) is 4.79 Å². The van der Waals surface area contributed by atoms with Gasteiger partial charge in [0.05, 0.1) is 11.3 Å². The molecule has 0 amide bonds. The molecule has 0 aliphatic carbocycles. The van der Waals surface area contributed by atoms with Crippen molar-refractivity contribution in [1.29, 1.82) is 0 Å². The number of hydrogen-bond donors (Lipinski definition) is 1. The molecular formula is C9H9NO3. The summed E-state index contributed by atoms with van der Waals surface area (Å²) < 4.78 is 0. The first-order valence-electron chi connectivity index (χ1n) is 4.12. The molecule has 4 nitrogen and oxygen atoms in total. The Balaban J connectivity index is 2.49. The predicted molar refractivity (Wildman–Crippen MR) is 45.0 cm³/mol. The number of hydrogen-bond acceptors (Lipinski definition) is 3. The van der Waals surface area contributed by atoms with Crippen molar-refractivity contribution in [1.82, 2.24) is 4.90 Å². The van der Waals surface area contributed by atoms with Crippen LogP contribution < -0.4 is 0 Å². The van der Waals surface area contributed by atoms with Gasteiger partial charge in [0.25, 0.3) is 0 Å². The van der Waals surface area contributed by atoms with E-state index in [0.29, 0.717) is 25.2 Å². The number of nitrogens with zero attached hydrogens (tertiary/aromatic N) is 1. The number of carboxylic acid groups (broad SMARTS) is 1. The summed E-state index contributed by atoms with van der Waals surface area (Å²) in [5.41, 5.74) is 0.517. The van der Waals surface area contributed by atoms with Gasteiger partial charge in [-0.05, 0) is 6.08 Å². The van der Waals surface area contributed by atoms with Crippen molar-refractivity contribution in [3.8, 4) is 0 Å². The van der Waals surface area contributed by atoms with E-state index in [-0.39, 0.29) is 11.4 Å². The molecule has 68 valence electrons. The molecule has 0 radical (unpaired) electrons. The molecule has 1 N–H and O–H groups in total. The molecule has 13 heavy (non-hydrogen) atoms. The van der Waals surface area contributed by atoms with Gasteiger partial charge < -0.3 is 10.0 Å². The molecule has 2 rings (SSSR count). The molecule has 2 aliphatic heterocycles. The van der Waals surface area contributed by atoms with Crippen LogP contribution in [0.2, 0.25) is 0 Å². The zero-order chi connectivity index (χ0) is 9.42. The van der Waals surface area contributed by atoms with Gasteiger partial charge in [0.15, 0.2) is 5.78 Å². The Kier molecular flexibility index (Phi) is 1.69. The monoisotopic (exact) mass is 179 g/mol. The lowest BCUT2D eigenvalue weighted by atomic mass is 10.1. The molecule has 0 atom stereocenters. The van der Waals surface area contributed by atoms with E-state index in [2.05, 4.69) is 0 Å². The van der Waals surface area contributed by atoms with Gasteiger partial charge in [-0.15, -0.1) is 0 Å². The number of carbonyl (C=O) groups excluding carboxylic acids is 1. The Hall–Kier alpha value is -1.58. The number of ketones is 1. The zero-order valence-electron chi connectivity index (χ0n) is 6.99. The van der Waals surface area contributed by atoms with E-state index in [1.807, 2.05) is 4.90 Å². The lowest BCUT2D eigenvalue weighted by Crippen LogP contribution is -2.25. The second-order valence-electron chi connectivity index (χ2n) is 3.09. The van der Waals surface area contributed by atoms with Gasteiger partial charge in [0.2, 0.25) is 0 Å². The van der Waals surface area contributed by atoms with Gasteiger partial charge in [-0.1, -0.05) is 6.08 Å². The van der Waals surface area contributed by atoms with Crippen molar-refractivity contribution in [2.45, 2.75) is 6.42 Å². The van der Waals surface area contributed by atoms with Crippen molar-refractivity contribution >= 4 is 11.8 Å². The summed E-state index contributed by atoms with van der Waals surface area (Å²) in [6.45, 7) is 1.30. The number of aliphatic carboxylic acids is 1. The molecule has 4 heteroatoms. The molecule has 0 unspecified atom stereocenters. The van der Waals surface area contributed by atoms with E-state index < -0.39 is 5.97 Å². The normalized spacial score (nSPS) is 20.9. The zero-order valence-corrected chi connectivity index (χ0v) is 6.99. The smallest absolute Gasteiger partial charge is 0.337 e. The van der Waals surface area contributed by atoms with Crippen LogP contribution in [0.4, 0.5) is 0 Å². The van der Waals surface area contributed by atoms with Crippen LogP contribution in [0.5, 0.6) is 0 Å². The number of allylic oxidation sites excluding steroid dienone is 1. The Morgan fingerprint density at radius 3 is 3.00 bits per heavy atom. The van der Waals surface area contributed by atoms with Crippen molar-refractivity contribution in [2.75, 3.05) is 13.1 Å². The molecule has 0 spiro atoms. The maximum Gasteiger partial charge on any atom is 0.337 e. The number of fused-ring (bicyclic) bond motifs is 1. The van der Waals surface area contributed by atoms with E-state index in [1.165, 1.54) is 6.08 Å². The van der Waals surface area contributed by atoms with Crippen molar-refractivity contribution in [2.24, 2.45) is 0 Å². The van der Waals surface area contributed by atoms with E-state index in [0.717, 1.165) is 0 Å². The first kappa shape index (κ1) is 8.04. The lowest BCUT2D eigenvalue weighted by Gasteiger charge is -2.21. The Morgan fingerprint density at radius 2 is 2.31 bits per heavy atom. The fourth-order valence-electron chi connectivity index (χ4n) is 1.70. The quantitative estimate of drug-likeness (QED) is 0.623. The standard InChI is InChI=1S/C9H9NO3/c11-7-3-5-10-4-1-2-6(8(7)10)9(12)13/h1-2H,3-5H2,(H,12,13). The number of carboxylic acids is 1. The third-order valence-electron chi connectivity index (χ3n) is 2.28. The second-order valence-corrected chi connectivity index (χ2v) is 3.09. The highest BCUT2D eigenvalue weighted by atomic mass is 16.4.